The Labute approximate surface area is 96.5 Å². The van der Waals surface area contributed by atoms with Gasteiger partial charge in [-0.1, -0.05) is 32.0 Å². The van der Waals surface area contributed by atoms with E-state index in [0.717, 1.165) is 13.0 Å². The van der Waals surface area contributed by atoms with E-state index in [1.165, 1.54) is 4.90 Å². The van der Waals surface area contributed by atoms with Crippen LogP contribution in [0.5, 0.6) is 0 Å². The van der Waals surface area contributed by atoms with Crippen LogP contribution in [-0.4, -0.2) is 13.2 Å². The molecule has 1 aromatic rings. The van der Waals surface area contributed by atoms with E-state index in [1.807, 2.05) is 32.0 Å². The minimum Gasteiger partial charge on any atom is -0.305 e. The van der Waals surface area contributed by atoms with E-state index in [1.54, 1.807) is 11.9 Å². The summed E-state index contributed by atoms with van der Waals surface area (Å²) in [7, 11) is 0. The van der Waals surface area contributed by atoms with Crippen molar-refractivity contribution >= 4 is 11.9 Å². The molecule has 0 saturated heterocycles. The second-order valence-electron chi connectivity index (χ2n) is 2.53. The lowest BCUT2D eigenvalue weighted by Crippen LogP contribution is -2.10. The van der Waals surface area contributed by atoms with E-state index in [2.05, 4.69) is 21.7 Å². The largest absolute Gasteiger partial charge is 0.305 e. The highest BCUT2D eigenvalue weighted by atomic mass is 32.2. The molecule has 4 heteroatoms. The minimum atomic E-state index is 0.600. The van der Waals surface area contributed by atoms with Gasteiger partial charge in [-0.15, -0.1) is 0 Å². The SMILES string of the molecule is CC.NOCCCNSc1ccccc1. The van der Waals surface area contributed by atoms with Crippen LogP contribution in [-0.2, 0) is 4.84 Å². The molecule has 0 radical (unpaired) electrons. The van der Waals surface area contributed by atoms with Gasteiger partial charge in [0.15, 0.2) is 0 Å². The molecule has 0 bridgehead atoms. The lowest BCUT2D eigenvalue weighted by molar-refractivity contribution is 0.136. The van der Waals surface area contributed by atoms with Crippen molar-refractivity contribution in [1.82, 2.24) is 4.72 Å². The quantitative estimate of drug-likeness (QED) is 0.446. The van der Waals surface area contributed by atoms with E-state index in [4.69, 9.17) is 5.90 Å². The summed E-state index contributed by atoms with van der Waals surface area (Å²) < 4.78 is 3.22. The van der Waals surface area contributed by atoms with Crippen molar-refractivity contribution in [2.24, 2.45) is 5.90 Å². The molecule has 3 nitrogen and oxygen atoms in total. The van der Waals surface area contributed by atoms with Gasteiger partial charge in [0, 0.05) is 11.4 Å². The van der Waals surface area contributed by atoms with E-state index in [-0.39, 0.29) is 0 Å². The lowest BCUT2D eigenvalue weighted by Gasteiger charge is -2.02. The normalized spacial score (nSPS) is 9.27. The van der Waals surface area contributed by atoms with Crippen LogP contribution >= 0.6 is 11.9 Å². The van der Waals surface area contributed by atoms with Crippen LogP contribution in [0, 0.1) is 0 Å². The summed E-state index contributed by atoms with van der Waals surface area (Å²) in [6, 6.07) is 10.2. The van der Waals surface area contributed by atoms with Gasteiger partial charge in [-0.25, -0.2) is 5.90 Å². The summed E-state index contributed by atoms with van der Waals surface area (Å²) in [5.41, 5.74) is 0. The zero-order valence-corrected chi connectivity index (χ0v) is 10.2. The molecule has 15 heavy (non-hydrogen) atoms. The van der Waals surface area contributed by atoms with Crippen LogP contribution in [0.3, 0.4) is 0 Å². The van der Waals surface area contributed by atoms with Crippen molar-refractivity contribution in [1.29, 1.82) is 0 Å². The predicted molar refractivity (Wildman–Crippen MR) is 66.4 cm³/mol. The highest BCUT2D eigenvalue weighted by Gasteiger charge is 1.90. The van der Waals surface area contributed by atoms with Crippen molar-refractivity contribution in [2.45, 2.75) is 25.2 Å². The van der Waals surface area contributed by atoms with Gasteiger partial charge in [0.2, 0.25) is 0 Å². The molecule has 0 atom stereocenters. The number of hydrogen-bond acceptors (Lipinski definition) is 4. The van der Waals surface area contributed by atoms with Crippen LogP contribution in [0.1, 0.15) is 20.3 Å². The summed E-state index contributed by atoms with van der Waals surface area (Å²) >= 11 is 1.62. The summed E-state index contributed by atoms with van der Waals surface area (Å²) in [4.78, 5) is 5.66. The molecule has 1 rings (SSSR count). The molecule has 0 aliphatic carbocycles. The van der Waals surface area contributed by atoms with E-state index < -0.39 is 0 Å². The van der Waals surface area contributed by atoms with Crippen molar-refractivity contribution in [2.75, 3.05) is 13.2 Å². The van der Waals surface area contributed by atoms with Crippen LogP contribution in [0.15, 0.2) is 35.2 Å². The number of benzene rings is 1. The molecular formula is C11H20N2OS. The summed E-state index contributed by atoms with van der Waals surface area (Å²) in [5, 5.41) is 0. The first-order valence-electron chi connectivity index (χ1n) is 5.20. The van der Waals surface area contributed by atoms with Gasteiger partial charge in [0.25, 0.3) is 0 Å². The van der Waals surface area contributed by atoms with E-state index in [9.17, 15) is 0 Å². The van der Waals surface area contributed by atoms with Crippen molar-refractivity contribution in [3.8, 4) is 0 Å². The van der Waals surface area contributed by atoms with Gasteiger partial charge >= 0.3 is 0 Å². The van der Waals surface area contributed by atoms with Gasteiger partial charge in [-0.05, 0) is 30.5 Å². The van der Waals surface area contributed by atoms with E-state index >= 15 is 0 Å². The maximum atomic E-state index is 4.89. The summed E-state index contributed by atoms with van der Waals surface area (Å²) in [5.74, 6) is 4.89. The average Bonchev–Trinajstić information content (AvgIpc) is 2.33. The maximum Gasteiger partial charge on any atom is 0.0691 e. The maximum absolute atomic E-state index is 4.89. The average molecular weight is 228 g/mol. The molecule has 0 aliphatic heterocycles. The molecule has 3 N–H and O–H groups in total. The molecule has 1 aromatic carbocycles. The molecule has 86 valence electrons. The number of hydrogen-bond donors (Lipinski definition) is 2. The third-order valence-electron chi connectivity index (χ3n) is 1.47. The van der Waals surface area contributed by atoms with Crippen molar-refractivity contribution in [3.05, 3.63) is 30.3 Å². The Hall–Kier alpha value is -0.550. The fraction of sp³-hybridized carbons (Fsp3) is 0.455. The lowest BCUT2D eigenvalue weighted by atomic mass is 10.4. The van der Waals surface area contributed by atoms with Gasteiger partial charge in [-0.3, -0.25) is 4.72 Å². The Morgan fingerprint density at radius 3 is 2.53 bits per heavy atom. The molecule has 0 spiro atoms. The minimum absolute atomic E-state index is 0.600. The fourth-order valence-electron chi connectivity index (χ4n) is 0.851. The second kappa shape index (κ2) is 11.5. The monoisotopic (exact) mass is 228 g/mol. The van der Waals surface area contributed by atoms with Crippen molar-refractivity contribution < 1.29 is 4.84 Å². The smallest absolute Gasteiger partial charge is 0.0691 e. The Kier molecular flexibility index (Phi) is 11.1. The van der Waals surface area contributed by atoms with Crippen LogP contribution in [0.2, 0.25) is 0 Å². The molecule has 0 amide bonds. The molecule has 0 fully saturated rings. The Morgan fingerprint density at radius 1 is 1.27 bits per heavy atom. The standard InChI is InChI=1S/C9H14N2OS.C2H6/c10-12-8-4-7-11-13-9-5-2-1-3-6-9;1-2/h1-3,5-6,11H,4,7-8,10H2;1-2H3. The first kappa shape index (κ1) is 14.5. The predicted octanol–water partition coefficient (Wildman–Crippen LogP) is 2.59. The van der Waals surface area contributed by atoms with Crippen LogP contribution in [0.4, 0.5) is 0 Å². The van der Waals surface area contributed by atoms with E-state index in [0.29, 0.717) is 6.61 Å². The molecule has 0 unspecified atom stereocenters. The Bertz CT molecular complexity index is 219. The molecule has 0 saturated carbocycles. The first-order chi connectivity index (χ1) is 7.43. The molecule has 0 aromatic heterocycles. The van der Waals surface area contributed by atoms with Gasteiger partial charge < -0.3 is 4.84 Å². The fourth-order valence-corrected chi connectivity index (χ4v) is 1.56. The third-order valence-corrected chi connectivity index (χ3v) is 2.33. The Balaban J connectivity index is 0.000000921. The topological polar surface area (TPSA) is 47.3 Å². The number of nitrogens with two attached hydrogens (primary N) is 1. The highest BCUT2D eigenvalue weighted by molar-refractivity contribution is 7.97. The first-order valence-corrected chi connectivity index (χ1v) is 6.01. The zero-order chi connectivity index (χ0) is 11.4. The third kappa shape index (κ3) is 8.44. The van der Waals surface area contributed by atoms with Gasteiger partial charge in [-0.2, -0.15) is 0 Å². The molecule has 0 heterocycles. The van der Waals surface area contributed by atoms with Crippen molar-refractivity contribution in [3.63, 3.8) is 0 Å². The second-order valence-corrected chi connectivity index (χ2v) is 3.50. The molecular weight excluding hydrogens is 208 g/mol. The summed E-state index contributed by atoms with van der Waals surface area (Å²) in [6.07, 6.45) is 0.927. The zero-order valence-electron chi connectivity index (χ0n) is 9.40. The summed E-state index contributed by atoms with van der Waals surface area (Å²) in [6.45, 7) is 5.50. The highest BCUT2D eigenvalue weighted by Crippen LogP contribution is 2.12. The van der Waals surface area contributed by atoms with Crippen LogP contribution in [0.25, 0.3) is 0 Å². The van der Waals surface area contributed by atoms with Gasteiger partial charge in [0.1, 0.15) is 0 Å². The van der Waals surface area contributed by atoms with Gasteiger partial charge in [0.05, 0.1) is 6.61 Å². The molecule has 0 aliphatic rings. The van der Waals surface area contributed by atoms with Crippen LogP contribution < -0.4 is 10.6 Å². The number of nitrogens with one attached hydrogen (secondary N) is 1. The Morgan fingerprint density at radius 2 is 1.93 bits per heavy atom. The number of rotatable bonds is 6.